The fraction of sp³-hybridized carbons (Fsp3) is 0.294. The summed E-state index contributed by atoms with van der Waals surface area (Å²) in [7, 11) is 0. The van der Waals surface area contributed by atoms with Crippen LogP contribution in [0.5, 0.6) is 11.5 Å². The Morgan fingerprint density at radius 2 is 1.85 bits per heavy atom. The molecule has 0 saturated heterocycles. The lowest BCUT2D eigenvalue weighted by atomic mass is 10.0. The first-order chi connectivity index (χ1) is 9.51. The normalized spacial score (nSPS) is 12.2. The van der Waals surface area contributed by atoms with Gasteiger partial charge in [-0.15, -0.1) is 0 Å². The molecule has 2 rings (SSSR count). The number of benzene rings is 2. The van der Waals surface area contributed by atoms with Gasteiger partial charge in [-0.25, -0.2) is 4.39 Å². The standard InChI is InChI=1S/C17H20FNO/c1-4-13-5-7-14(8-6-13)20-17-9-11(2)16(18)10-15(17)12(3)19/h5-10,12H,4,19H2,1-3H3/t12-/m1/s1. The first-order valence-corrected chi connectivity index (χ1v) is 6.83. The van der Waals surface area contributed by atoms with Gasteiger partial charge in [0.1, 0.15) is 17.3 Å². The lowest BCUT2D eigenvalue weighted by Gasteiger charge is -2.15. The van der Waals surface area contributed by atoms with Crippen LogP contribution in [-0.2, 0) is 6.42 Å². The van der Waals surface area contributed by atoms with Gasteiger partial charge in [0, 0.05) is 11.6 Å². The number of aryl methyl sites for hydroxylation is 2. The molecule has 2 nitrogen and oxygen atoms in total. The second-order valence-electron chi connectivity index (χ2n) is 5.03. The number of ether oxygens (including phenoxy) is 1. The molecule has 0 radical (unpaired) electrons. The van der Waals surface area contributed by atoms with Crippen LogP contribution >= 0.6 is 0 Å². The summed E-state index contributed by atoms with van der Waals surface area (Å²) < 4.78 is 19.5. The fourth-order valence-corrected chi connectivity index (χ4v) is 2.03. The van der Waals surface area contributed by atoms with Gasteiger partial charge < -0.3 is 10.5 Å². The van der Waals surface area contributed by atoms with E-state index in [1.54, 1.807) is 13.0 Å². The first kappa shape index (κ1) is 14.5. The van der Waals surface area contributed by atoms with Crippen molar-refractivity contribution < 1.29 is 9.13 Å². The van der Waals surface area contributed by atoms with E-state index in [0.717, 1.165) is 12.2 Å². The molecule has 0 aromatic heterocycles. The summed E-state index contributed by atoms with van der Waals surface area (Å²) in [5, 5.41) is 0. The molecule has 0 aliphatic rings. The van der Waals surface area contributed by atoms with Crippen molar-refractivity contribution in [3.8, 4) is 11.5 Å². The van der Waals surface area contributed by atoms with Crippen molar-refractivity contribution in [2.75, 3.05) is 0 Å². The molecule has 2 N–H and O–H groups in total. The summed E-state index contributed by atoms with van der Waals surface area (Å²) in [5.41, 5.74) is 8.36. The maximum atomic E-state index is 13.6. The topological polar surface area (TPSA) is 35.2 Å². The Kier molecular flexibility index (Phi) is 4.40. The molecule has 0 aliphatic carbocycles. The van der Waals surface area contributed by atoms with Crippen LogP contribution in [0.25, 0.3) is 0 Å². The second kappa shape index (κ2) is 6.06. The van der Waals surface area contributed by atoms with E-state index in [-0.39, 0.29) is 11.9 Å². The predicted octanol–water partition coefficient (Wildman–Crippen LogP) is 4.51. The Bertz CT molecular complexity index is 591. The van der Waals surface area contributed by atoms with Crippen LogP contribution in [0.15, 0.2) is 36.4 Å². The van der Waals surface area contributed by atoms with Crippen molar-refractivity contribution in [3.05, 3.63) is 58.9 Å². The Hall–Kier alpha value is -1.87. The minimum Gasteiger partial charge on any atom is -0.457 e. The molecule has 0 aliphatic heterocycles. The van der Waals surface area contributed by atoms with Crippen LogP contribution in [0.1, 0.15) is 36.6 Å². The van der Waals surface area contributed by atoms with Gasteiger partial charge in [0.25, 0.3) is 0 Å². The third kappa shape index (κ3) is 3.17. The summed E-state index contributed by atoms with van der Waals surface area (Å²) in [4.78, 5) is 0. The lowest BCUT2D eigenvalue weighted by Crippen LogP contribution is -2.08. The summed E-state index contributed by atoms with van der Waals surface area (Å²) >= 11 is 0. The average molecular weight is 273 g/mol. The minimum absolute atomic E-state index is 0.258. The molecule has 2 aromatic rings. The van der Waals surface area contributed by atoms with Gasteiger partial charge in [-0.05, 0) is 55.7 Å². The molecule has 2 aromatic carbocycles. The van der Waals surface area contributed by atoms with Crippen molar-refractivity contribution in [1.29, 1.82) is 0 Å². The monoisotopic (exact) mass is 273 g/mol. The van der Waals surface area contributed by atoms with Crippen LogP contribution < -0.4 is 10.5 Å². The fourth-order valence-electron chi connectivity index (χ4n) is 2.03. The third-order valence-electron chi connectivity index (χ3n) is 3.34. The maximum absolute atomic E-state index is 13.6. The average Bonchev–Trinajstić information content (AvgIpc) is 2.43. The molecule has 0 bridgehead atoms. The molecular weight excluding hydrogens is 253 g/mol. The highest BCUT2D eigenvalue weighted by Crippen LogP contribution is 2.31. The first-order valence-electron chi connectivity index (χ1n) is 6.83. The van der Waals surface area contributed by atoms with Crippen molar-refractivity contribution in [2.45, 2.75) is 33.2 Å². The molecule has 106 valence electrons. The predicted molar refractivity (Wildman–Crippen MR) is 79.6 cm³/mol. The molecule has 0 unspecified atom stereocenters. The van der Waals surface area contributed by atoms with Gasteiger partial charge in [0.2, 0.25) is 0 Å². The number of hydrogen-bond donors (Lipinski definition) is 1. The Morgan fingerprint density at radius 1 is 1.20 bits per heavy atom. The van der Waals surface area contributed by atoms with Crippen molar-refractivity contribution in [3.63, 3.8) is 0 Å². The van der Waals surface area contributed by atoms with Gasteiger partial charge in [0.15, 0.2) is 0 Å². The molecular formula is C17H20FNO. The van der Waals surface area contributed by atoms with Gasteiger partial charge in [-0.2, -0.15) is 0 Å². The highest BCUT2D eigenvalue weighted by Gasteiger charge is 2.13. The van der Waals surface area contributed by atoms with E-state index in [4.69, 9.17) is 10.5 Å². The van der Waals surface area contributed by atoms with Crippen molar-refractivity contribution in [1.82, 2.24) is 0 Å². The van der Waals surface area contributed by atoms with Crippen LogP contribution in [-0.4, -0.2) is 0 Å². The van der Waals surface area contributed by atoms with Crippen LogP contribution in [0, 0.1) is 12.7 Å². The largest absolute Gasteiger partial charge is 0.457 e. The van der Waals surface area contributed by atoms with E-state index < -0.39 is 0 Å². The quantitative estimate of drug-likeness (QED) is 0.889. The number of halogens is 1. The highest BCUT2D eigenvalue weighted by atomic mass is 19.1. The number of nitrogens with two attached hydrogens (primary N) is 1. The van der Waals surface area contributed by atoms with E-state index in [2.05, 4.69) is 6.92 Å². The maximum Gasteiger partial charge on any atom is 0.132 e. The Morgan fingerprint density at radius 3 is 2.40 bits per heavy atom. The Balaban J connectivity index is 2.33. The van der Waals surface area contributed by atoms with Crippen LogP contribution in [0.2, 0.25) is 0 Å². The van der Waals surface area contributed by atoms with Gasteiger partial charge >= 0.3 is 0 Å². The molecule has 3 heteroatoms. The van der Waals surface area contributed by atoms with E-state index in [0.29, 0.717) is 16.9 Å². The minimum atomic E-state index is -0.282. The van der Waals surface area contributed by atoms with Gasteiger partial charge in [0.05, 0.1) is 0 Å². The van der Waals surface area contributed by atoms with Gasteiger partial charge in [-0.3, -0.25) is 0 Å². The smallest absolute Gasteiger partial charge is 0.132 e. The third-order valence-corrected chi connectivity index (χ3v) is 3.34. The number of rotatable bonds is 4. The van der Waals surface area contributed by atoms with E-state index in [1.165, 1.54) is 11.6 Å². The molecule has 0 heterocycles. The van der Waals surface area contributed by atoms with Crippen molar-refractivity contribution >= 4 is 0 Å². The molecule has 1 atom stereocenters. The number of hydrogen-bond acceptors (Lipinski definition) is 2. The second-order valence-corrected chi connectivity index (χ2v) is 5.03. The zero-order valence-electron chi connectivity index (χ0n) is 12.1. The zero-order valence-corrected chi connectivity index (χ0v) is 12.1. The molecule has 0 fully saturated rings. The van der Waals surface area contributed by atoms with E-state index >= 15 is 0 Å². The highest BCUT2D eigenvalue weighted by molar-refractivity contribution is 5.43. The SMILES string of the molecule is CCc1ccc(Oc2cc(C)c(F)cc2[C@@H](C)N)cc1. The summed E-state index contributed by atoms with van der Waals surface area (Å²) in [6, 6.07) is 10.8. The molecule has 20 heavy (non-hydrogen) atoms. The lowest BCUT2D eigenvalue weighted by molar-refractivity contribution is 0.468. The molecule has 0 spiro atoms. The van der Waals surface area contributed by atoms with Gasteiger partial charge in [-0.1, -0.05) is 19.1 Å². The summed E-state index contributed by atoms with van der Waals surface area (Å²) in [6.07, 6.45) is 0.987. The molecule has 0 amide bonds. The summed E-state index contributed by atoms with van der Waals surface area (Å²) in [5.74, 6) is 1.09. The van der Waals surface area contributed by atoms with Crippen LogP contribution in [0.3, 0.4) is 0 Å². The van der Waals surface area contributed by atoms with Crippen molar-refractivity contribution in [2.24, 2.45) is 5.73 Å². The van der Waals surface area contributed by atoms with Crippen LogP contribution in [0.4, 0.5) is 4.39 Å². The summed E-state index contributed by atoms with van der Waals surface area (Å²) in [6.45, 7) is 5.64. The zero-order chi connectivity index (χ0) is 14.7. The van der Waals surface area contributed by atoms with E-state index in [9.17, 15) is 4.39 Å². The molecule has 0 saturated carbocycles. The van der Waals surface area contributed by atoms with E-state index in [1.807, 2.05) is 31.2 Å². The Labute approximate surface area is 119 Å².